The molecule has 0 aliphatic carbocycles. The third kappa shape index (κ3) is 3.26. The van der Waals surface area contributed by atoms with Crippen molar-refractivity contribution in [1.82, 2.24) is 5.32 Å². The van der Waals surface area contributed by atoms with Crippen LogP contribution in [0.2, 0.25) is 0 Å². The summed E-state index contributed by atoms with van der Waals surface area (Å²) in [6, 6.07) is 4.91. The van der Waals surface area contributed by atoms with Crippen LogP contribution in [0.1, 0.15) is 36.2 Å². The van der Waals surface area contributed by atoms with Gasteiger partial charge in [0, 0.05) is 11.1 Å². The fourth-order valence-corrected chi connectivity index (χ4v) is 1.23. The van der Waals surface area contributed by atoms with Crippen molar-refractivity contribution >= 4 is 11.9 Å². The summed E-state index contributed by atoms with van der Waals surface area (Å²) in [5.74, 6) is -1.91. The molecular weight excluding hydrogens is 244 g/mol. The molecule has 0 radical (unpaired) electrons. The number of alkyl halides is 2. The quantitative estimate of drug-likeness (QED) is 0.869. The third-order valence-corrected chi connectivity index (χ3v) is 2.36. The van der Waals surface area contributed by atoms with Crippen molar-refractivity contribution in [2.75, 3.05) is 0 Å². The predicted molar refractivity (Wildman–Crippen MR) is 60.6 cm³/mol. The Bertz CT molecular complexity index is 472. The summed E-state index contributed by atoms with van der Waals surface area (Å²) in [5, 5.41) is 11.1. The minimum Gasteiger partial charge on any atom is -0.480 e. The molecular formula is C12H13F2NO3. The zero-order valence-electron chi connectivity index (χ0n) is 9.91. The van der Waals surface area contributed by atoms with Crippen LogP contribution >= 0.6 is 0 Å². The molecule has 4 nitrogen and oxygen atoms in total. The molecule has 1 aromatic rings. The molecule has 0 fully saturated rings. The van der Waals surface area contributed by atoms with Crippen molar-refractivity contribution in [2.24, 2.45) is 0 Å². The summed E-state index contributed by atoms with van der Waals surface area (Å²) in [6.45, 7) is 2.62. The minimum atomic E-state index is -2.68. The Kier molecular flexibility index (Phi) is 4.00. The summed E-state index contributed by atoms with van der Waals surface area (Å²) < 4.78 is 24.9. The molecule has 6 heteroatoms. The van der Waals surface area contributed by atoms with E-state index in [-0.39, 0.29) is 11.1 Å². The number of benzene rings is 1. The predicted octanol–water partition coefficient (Wildman–Crippen LogP) is 2.22. The van der Waals surface area contributed by atoms with Crippen LogP contribution in [0.15, 0.2) is 24.3 Å². The van der Waals surface area contributed by atoms with Crippen molar-refractivity contribution in [3.05, 3.63) is 35.4 Å². The van der Waals surface area contributed by atoms with Gasteiger partial charge in [-0.2, -0.15) is 0 Å². The Labute approximate surface area is 103 Å². The van der Waals surface area contributed by atoms with Crippen LogP contribution in [-0.4, -0.2) is 22.5 Å². The van der Waals surface area contributed by atoms with Gasteiger partial charge < -0.3 is 10.4 Å². The van der Waals surface area contributed by atoms with Gasteiger partial charge in [-0.1, -0.05) is 12.1 Å². The van der Waals surface area contributed by atoms with Crippen molar-refractivity contribution in [3.63, 3.8) is 0 Å². The molecule has 0 saturated carbocycles. The number of carboxylic acid groups (broad SMARTS) is 1. The fraction of sp³-hybridized carbons (Fsp3) is 0.333. The lowest BCUT2D eigenvalue weighted by atomic mass is 10.0. The standard InChI is InChI=1S/C12H13F2NO3/c1-12(2,11(17)18)15-10(16)8-5-3-4-7(6-8)9(13)14/h3-6,9H,1-2H3,(H,15,16)(H,17,18). The highest BCUT2D eigenvalue weighted by Gasteiger charge is 2.29. The molecule has 98 valence electrons. The summed E-state index contributed by atoms with van der Waals surface area (Å²) in [6.07, 6.45) is -2.68. The van der Waals surface area contributed by atoms with Gasteiger partial charge in [-0.15, -0.1) is 0 Å². The molecule has 1 aromatic carbocycles. The topological polar surface area (TPSA) is 66.4 Å². The Morgan fingerprint density at radius 2 is 1.94 bits per heavy atom. The van der Waals surface area contributed by atoms with Crippen molar-refractivity contribution in [3.8, 4) is 0 Å². The number of hydrogen-bond acceptors (Lipinski definition) is 2. The maximum Gasteiger partial charge on any atom is 0.328 e. The average Bonchev–Trinajstić information content (AvgIpc) is 2.28. The Hall–Kier alpha value is -1.98. The number of carbonyl (C=O) groups excluding carboxylic acids is 1. The van der Waals surface area contributed by atoms with Crippen LogP contribution in [0, 0.1) is 0 Å². The van der Waals surface area contributed by atoms with Crippen LogP contribution in [0.5, 0.6) is 0 Å². The molecule has 0 atom stereocenters. The third-order valence-electron chi connectivity index (χ3n) is 2.36. The van der Waals surface area contributed by atoms with Crippen molar-refractivity contribution < 1.29 is 23.5 Å². The molecule has 2 N–H and O–H groups in total. The minimum absolute atomic E-state index is 0.00197. The highest BCUT2D eigenvalue weighted by atomic mass is 19.3. The molecule has 1 rings (SSSR count). The molecule has 0 unspecified atom stereocenters. The number of hydrogen-bond donors (Lipinski definition) is 2. The van der Waals surface area contributed by atoms with E-state index in [1.54, 1.807) is 0 Å². The molecule has 0 spiro atoms. The first-order chi connectivity index (χ1) is 8.24. The number of carbonyl (C=O) groups is 2. The van der Waals surface area contributed by atoms with Gasteiger partial charge in [0.1, 0.15) is 5.54 Å². The van der Waals surface area contributed by atoms with Crippen LogP contribution in [0.4, 0.5) is 8.78 Å². The lowest BCUT2D eigenvalue weighted by molar-refractivity contribution is -0.143. The maximum absolute atomic E-state index is 12.5. The first-order valence-corrected chi connectivity index (χ1v) is 5.18. The normalized spacial score (nSPS) is 11.4. The second-order valence-electron chi connectivity index (χ2n) is 4.31. The van der Waals surface area contributed by atoms with E-state index >= 15 is 0 Å². The molecule has 1 amide bonds. The SMILES string of the molecule is CC(C)(NC(=O)c1cccc(C(F)F)c1)C(=O)O. The second-order valence-corrected chi connectivity index (χ2v) is 4.31. The molecule has 18 heavy (non-hydrogen) atoms. The zero-order chi connectivity index (χ0) is 13.9. The van der Waals surface area contributed by atoms with Crippen LogP contribution < -0.4 is 5.32 Å². The van der Waals surface area contributed by atoms with Crippen LogP contribution in [-0.2, 0) is 4.79 Å². The molecule has 0 heterocycles. The summed E-state index contributed by atoms with van der Waals surface area (Å²) in [4.78, 5) is 22.5. The van der Waals surface area contributed by atoms with Gasteiger partial charge in [0.25, 0.3) is 12.3 Å². The first kappa shape index (κ1) is 14.1. The molecule has 0 saturated heterocycles. The maximum atomic E-state index is 12.5. The van der Waals surface area contributed by atoms with E-state index in [0.29, 0.717) is 0 Å². The van der Waals surface area contributed by atoms with Gasteiger partial charge in [-0.3, -0.25) is 4.79 Å². The van der Waals surface area contributed by atoms with Crippen molar-refractivity contribution in [1.29, 1.82) is 0 Å². The number of amides is 1. The number of rotatable bonds is 4. The smallest absolute Gasteiger partial charge is 0.328 e. The fourth-order valence-electron chi connectivity index (χ4n) is 1.23. The summed E-state index contributed by atoms with van der Waals surface area (Å²) in [5.41, 5.74) is -1.74. The van der Waals surface area contributed by atoms with Gasteiger partial charge >= 0.3 is 5.97 Å². The average molecular weight is 257 g/mol. The summed E-state index contributed by atoms with van der Waals surface area (Å²) >= 11 is 0. The Morgan fingerprint density at radius 3 is 2.44 bits per heavy atom. The number of aliphatic carboxylic acids is 1. The molecule has 0 aliphatic heterocycles. The van der Waals surface area contributed by atoms with E-state index in [4.69, 9.17) is 5.11 Å². The Balaban J connectivity index is 2.91. The molecule has 0 aromatic heterocycles. The van der Waals surface area contributed by atoms with Crippen LogP contribution in [0.25, 0.3) is 0 Å². The van der Waals surface area contributed by atoms with Gasteiger partial charge in [0.05, 0.1) is 0 Å². The summed E-state index contributed by atoms with van der Waals surface area (Å²) in [7, 11) is 0. The van der Waals surface area contributed by atoms with E-state index in [1.165, 1.54) is 32.0 Å². The molecule has 0 aliphatic rings. The highest BCUT2D eigenvalue weighted by Crippen LogP contribution is 2.19. The van der Waals surface area contributed by atoms with E-state index in [2.05, 4.69) is 5.32 Å². The van der Waals surface area contributed by atoms with E-state index in [1.807, 2.05) is 0 Å². The monoisotopic (exact) mass is 257 g/mol. The highest BCUT2D eigenvalue weighted by molar-refractivity contribution is 5.97. The van der Waals surface area contributed by atoms with Crippen molar-refractivity contribution in [2.45, 2.75) is 25.8 Å². The van der Waals surface area contributed by atoms with E-state index < -0.39 is 23.8 Å². The lowest BCUT2D eigenvalue weighted by Crippen LogP contribution is -2.49. The number of carboxylic acids is 1. The molecule has 0 bridgehead atoms. The largest absolute Gasteiger partial charge is 0.480 e. The number of nitrogens with one attached hydrogen (secondary N) is 1. The van der Waals surface area contributed by atoms with Gasteiger partial charge in [0.15, 0.2) is 0 Å². The first-order valence-electron chi connectivity index (χ1n) is 5.18. The Morgan fingerprint density at radius 1 is 1.33 bits per heavy atom. The van der Waals surface area contributed by atoms with Gasteiger partial charge in [0.2, 0.25) is 0 Å². The van der Waals surface area contributed by atoms with E-state index in [9.17, 15) is 18.4 Å². The van der Waals surface area contributed by atoms with Gasteiger partial charge in [-0.25, -0.2) is 13.6 Å². The second kappa shape index (κ2) is 5.12. The number of halogens is 2. The van der Waals surface area contributed by atoms with Gasteiger partial charge in [-0.05, 0) is 26.0 Å². The van der Waals surface area contributed by atoms with E-state index in [0.717, 1.165) is 6.07 Å². The van der Waals surface area contributed by atoms with Crippen LogP contribution in [0.3, 0.4) is 0 Å². The zero-order valence-corrected chi connectivity index (χ0v) is 9.91. The lowest BCUT2D eigenvalue weighted by Gasteiger charge is -2.21.